The zero-order valence-electron chi connectivity index (χ0n) is 9.52. The summed E-state index contributed by atoms with van der Waals surface area (Å²) in [5, 5.41) is 4.26. The highest BCUT2D eigenvalue weighted by atomic mass is 16.1. The molecule has 2 heterocycles. The molecule has 1 saturated heterocycles. The standard InChI is InChI=1S/C14H14N2O/c17-14(6-10-8-15-9-10)12-4-3-11-2-1-5-16-13(11)7-12/h1-5,7,10,15H,6,8-9H2. The molecule has 86 valence electrons. The lowest BCUT2D eigenvalue weighted by molar-refractivity contribution is 0.0945. The number of carbonyl (C=O) groups excluding carboxylic acids is 1. The van der Waals surface area contributed by atoms with Crippen LogP contribution >= 0.6 is 0 Å². The third kappa shape index (κ3) is 2.06. The van der Waals surface area contributed by atoms with E-state index in [1.165, 1.54) is 0 Å². The predicted octanol–water partition coefficient (Wildman–Crippen LogP) is 2.03. The van der Waals surface area contributed by atoms with Gasteiger partial charge in [0.1, 0.15) is 0 Å². The van der Waals surface area contributed by atoms with Gasteiger partial charge in [-0.05, 0) is 31.1 Å². The van der Waals surface area contributed by atoms with E-state index in [4.69, 9.17) is 0 Å². The van der Waals surface area contributed by atoms with Crippen LogP contribution in [0.4, 0.5) is 0 Å². The number of aromatic nitrogens is 1. The van der Waals surface area contributed by atoms with Gasteiger partial charge in [-0.3, -0.25) is 9.78 Å². The van der Waals surface area contributed by atoms with Crippen molar-refractivity contribution in [2.75, 3.05) is 13.1 Å². The van der Waals surface area contributed by atoms with Gasteiger partial charge in [-0.15, -0.1) is 0 Å². The first-order chi connectivity index (χ1) is 8.33. The number of nitrogens with one attached hydrogen (secondary N) is 1. The van der Waals surface area contributed by atoms with Gasteiger partial charge in [0, 0.05) is 23.6 Å². The Hall–Kier alpha value is -1.74. The monoisotopic (exact) mass is 226 g/mol. The molecule has 3 nitrogen and oxygen atoms in total. The van der Waals surface area contributed by atoms with Gasteiger partial charge in [0.15, 0.2) is 5.78 Å². The van der Waals surface area contributed by atoms with E-state index in [0.29, 0.717) is 12.3 Å². The van der Waals surface area contributed by atoms with Gasteiger partial charge in [0.25, 0.3) is 0 Å². The number of hydrogen-bond acceptors (Lipinski definition) is 3. The van der Waals surface area contributed by atoms with Crippen LogP contribution in [0.1, 0.15) is 16.8 Å². The van der Waals surface area contributed by atoms with Crippen molar-refractivity contribution in [2.45, 2.75) is 6.42 Å². The van der Waals surface area contributed by atoms with Crippen LogP contribution in [0.5, 0.6) is 0 Å². The molecule has 1 fully saturated rings. The van der Waals surface area contributed by atoms with E-state index >= 15 is 0 Å². The smallest absolute Gasteiger partial charge is 0.163 e. The minimum Gasteiger partial charge on any atom is -0.316 e. The highest BCUT2D eigenvalue weighted by Crippen LogP contribution is 2.17. The lowest BCUT2D eigenvalue weighted by Gasteiger charge is -2.26. The first kappa shape index (κ1) is 10.4. The SMILES string of the molecule is O=C(CC1CNC1)c1ccc2cccnc2c1. The van der Waals surface area contributed by atoms with Gasteiger partial charge in [-0.25, -0.2) is 0 Å². The molecule has 1 aromatic carbocycles. The maximum Gasteiger partial charge on any atom is 0.163 e. The average Bonchev–Trinajstić information content (AvgIpc) is 2.33. The predicted molar refractivity (Wildman–Crippen MR) is 67.1 cm³/mol. The van der Waals surface area contributed by atoms with E-state index in [0.717, 1.165) is 29.6 Å². The van der Waals surface area contributed by atoms with Gasteiger partial charge in [0.05, 0.1) is 5.52 Å². The first-order valence-electron chi connectivity index (χ1n) is 5.91. The molecule has 1 aromatic heterocycles. The Morgan fingerprint density at radius 3 is 3.00 bits per heavy atom. The fraction of sp³-hybridized carbons (Fsp3) is 0.286. The van der Waals surface area contributed by atoms with Crippen LogP contribution in [0.3, 0.4) is 0 Å². The van der Waals surface area contributed by atoms with Crippen molar-refractivity contribution in [2.24, 2.45) is 5.92 Å². The van der Waals surface area contributed by atoms with Crippen molar-refractivity contribution in [3.8, 4) is 0 Å². The molecule has 2 aromatic rings. The average molecular weight is 226 g/mol. The minimum absolute atomic E-state index is 0.226. The summed E-state index contributed by atoms with van der Waals surface area (Å²) in [5.74, 6) is 0.742. The Morgan fingerprint density at radius 1 is 1.35 bits per heavy atom. The van der Waals surface area contributed by atoms with Crippen LogP contribution in [0.15, 0.2) is 36.5 Å². The Morgan fingerprint density at radius 2 is 2.24 bits per heavy atom. The van der Waals surface area contributed by atoms with E-state index < -0.39 is 0 Å². The third-order valence-corrected chi connectivity index (χ3v) is 3.27. The van der Waals surface area contributed by atoms with Gasteiger partial charge in [-0.2, -0.15) is 0 Å². The van der Waals surface area contributed by atoms with Crippen LogP contribution in [-0.4, -0.2) is 23.9 Å². The number of fused-ring (bicyclic) bond motifs is 1. The molecule has 0 amide bonds. The van der Waals surface area contributed by atoms with E-state index in [1.807, 2.05) is 30.3 Å². The number of nitrogens with zero attached hydrogens (tertiary/aromatic N) is 1. The summed E-state index contributed by atoms with van der Waals surface area (Å²) >= 11 is 0. The molecule has 1 aliphatic heterocycles. The molecule has 1 N–H and O–H groups in total. The molecule has 0 unspecified atom stereocenters. The highest BCUT2D eigenvalue weighted by Gasteiger charge is 2.20. The Labute approximate surface area is 99.9 Å². The van der Waals surface area contributed by atoms with Gasteiger partial charge in [-0.1, -0.05) is 18.2 Å². The number of carbonyl (C=O) groups is 1. The molecule has 3 rings (SSSR count). The Bertz CT molecular complexity index is 561. The maximum atomic E-state index is 12.0. The van der Waals surface area contributed by atoms with Crippen molar-refractivity contribution in [3.63, 3.8) is 0 Å². The quantitative estimate of drug-likeness (QED) is 0.814. The second-order valence-corrected chi connectivity index (χ2v) is 4.56. The van der Waals surface area contributed by atoms with Crippen LogP contribution in [0.2, 0.25) is 0 Å². The zero-order chi connectivity index (χ0) is 11.7. The summed E-state index contributed by atoms with van der Waals surface area (Å²) in [6, 6.07) is 9.67. The lowest BCUT2D eigenvalue weighted by atomic mass is 9.93. The zero-order valence-corrected chi connectivity index (χ0v) is 9.52. The summed E-state index contributed by atoms with van der Waals surface area (Å²) in [5.41, 5.74) is 1.67. The van der Waals surface area contributed by atoms with Crippen LogP contribution in [0, 0.1) is 5.92 Å². The Kier molecular flexibility index (Phi) is 2.61. The molecule has 0 atom stereocenters. The first-order valence-corrected chi connectivity index (χ1v) is 5.91. The maximum absolute atomic E-state index is 12.0. The van der Waals surface area contributed by atoms with E-state index in [2.05, 4.69) is 10.3 Å². The summed E-state index contributed by atoms with van der Waals surface area (Å²) in [6.45, 7) is 1.94. The van der Waals surface area contributed by atoms with Gasteiger partial charge < -0.3 is 5.32 Å². The fourth-order valence-electron chi connectivity index (χ4n) is 2.11. The lowest BCUT2D eigenvalue weighted by Crippen LogP contribution is -2.42. The van der Waals surface area contributed by atoms with Crippen molar-refractivity contribution in [3.05, 3.63) is 42.1 Å². The number of rotatable bonds is 3. The van der Waals surface area contributed by atoms with Crippen molar-refractivity contribution < 1.29 is 4.79 Å². The molecule has 0 aliphatic carbocycles. The molecule has 17 heavy (non-hydrogen) atoms. The summed E-state index contributed by atoms with van der Waals surface area (Å²) in [4.78, 5) is 16.3. The number of hydrogen-bond donors (Lipinski definition) is 1. The molecule has 1 aliphatic rings. The normalized spacial score (nSPS) is 15.8. The molecule has 3 heteroatoms. The van der Waals surface area contributed by atoms with Crippen molar-refractivity contribution in [1.29, 1.82) is 0 Å². The fourth-order valence-corrected chi connectivity index (χ4v) is 2.11. The topological polar surface area (TPSA) is 42.0 Å². The number of benzene rings is 1. The van der Waals surface area contributed by atoms with Gasteiger partial charge >= 0.3 is 0 Å². The molecule has 0 saturated carbocycles. The highest BCUT2D eigenvalue weighted by molar-refractivity contribution is 5.99. The van der Waals surface area contributed by atoms with E-state index in [-0.39, 0.29) is 5.78 Å². The molecule has 0 spiro atoms. The number of Topliss-reactive ketones (excluding diaryl/α,β-unsaturated/α-hetero) is 1. The van der Waals surface area contributed by atoms with Crippen molar-refractivity contribution >= 4 is 16.7 Å². The second-order valence-electron chi connectivity index (χ2n) is 4.56. The van der Waals surface area contributed by atoms with Crippen molar-refractivity contribution in [1.82, 2.24) is 10.3 Å². The molecule has 0 radical (unpaired) electrons. The molecular weight excluding hydrogens is 212 g/mol. The molecular formula is C14H14N2O. The summed E-state index contributed by atoms with van der Waals surface area (Å²) in [7, 11) is 0. The number of ketones is 1. The summed E-state index contributed by atoms with van der Waals surface area (Å²) in [6.07, 6.45) is 2.40. The minimum atomic E-state index is 0.226. The van der Waals surface area contributed by atoms with Crippen LogP contribution in [-0.2, 0) is 0 Å². The summed E-state index contributed by atoms with van der Waals surface area (Å²) < 4.78 is 0. The largest absolute Gasteiger partial charge is 0.316 e. The van der Waals surface area contributed by atoms with Gasteiger partial charge in [0.2, 0.25) is 0 Å². The van der Waals surface area contributed by atoms with E-state index in [9.17, 15) is 4.79 Å². The van der Waals surface area contributed by atoms with Crippen LogP contribution in [0.25, 0.3) is 10.9 Å². The molecule has 0 bridgehead atoms. The second kappa shape index (κ2) is 4.26. The Balaban J connectivity index is 1.86. The van der Waals surface area contributed by atoms with Crippen LogP contribution < -0.4 is 5.32 Å². The third-order valence-electron chi connectivity index (χ3n) is 3.27. The van der Waals surface area contributed by atoms with E-state index in [1.54, 1.807) is 6.20 Å². The number of pyridine rings is 1.